The first-order chi connectivity index (χ1) is 10.6. The lowest BCUT2D eigenvalue weighted by molar-refractivity contribution is -0.116. The van der Waals surface area contributed by atoms with Crippen LogP contribution in [0.2, 0.25) is 5.02 Å². The third kappa shape index (κ3) is 3.00. The van der Waals surface area contributed by atoms with Crippen LogP contribution in [0, 0.1) is 6.92 Å². The van der Waals surface area contributed by atoms with Crippen molar-refractivity contribution in [2.75, 3.05) is 5.32 Å². The Morgan fingerprint density at radius 1 is 1.18 bits per heavy atom. The largest absolute Gasteiger partial charge is 0.361 e. The molecule has 0 atom stereocenters. The molecule has 0 aliphatic heterocycles. The summed E-state index contributed by atoms with van der Waals surface area (Å²) < 4.78 is 0. The van der Waals surface area contributed by atoms with Gasteiger partial charge in [0.05, 0.1) is 0 Å². The van der Waals surface area contributed by atoms with Gasteiger partial charge in [0.15, 0.2) is 0 Å². The SMILES string of the molecule is Cc1c(Cl)cccc1NC(=O)CCc1c[nH]c2ccccc12. The topological polar surface area (TPSA) is 44.9 Å². The third-order valence-corrected chi connectivity index (χ3v) is 4.25. The standard InChI is InChI=1S/C18H17ClN2O/c1-12-15(19)6-4-8-16(12)21-18(22)10-9-13-11-20-17-7-3-2-5-14(13)17/h2-8,11,20H,9-10H2,1H3,(H,21,22). The number of fused-ring (bicyclic) bond motifs is 1. The molecule has 0 aliphatic carbocycles. The summed E-state index contributed by atoms with van der Waals surface area (Å²) in [5.41, 5.74) is 3.93. The summed E-state index contributed by atoms with van der Waals surface area (Å²) in [4.78, 5) is 15.4. The first-order valence-electron chi connectivity index (χ1n) is 7.25. The molecule has 4 heteroatoms. The van der Waals surface area contributed by atoms with E-state index in [4.69, 9.17) is 11.6 Å². The maximum Gasteiger partial charge on any atom is 0.224 e. The summed E-state index contributed by atoms with van der Waals surface area (Å²) in [6.07, 6.45) is 3.12. The van der Waals surface area contributed by atoms with Crippen LogP contribution in [0.5, 0.6) is 0 Å². The average molecular weight is 313 g/mol. The van der Waals surface area contributed by atoms with E-state index in [1.807, 2.05) is 49.5 Å². The van der Waals surface area contributed by atoms with Crippen LogP contribution in [0.25, 0.3) is 10.9 Å². The number of hydrogen-bond donors (Lipinski definition) is 2. The molecule has 0 saturated carbocycles. The number of rotatable bonds is 4. The highest BCUT2D eigenvalue weighted by atomic mass is 35.5. The maximum atomic E-state index is 12.1. The fourth-order valence-electron chi connectivity index (χ4n) is 2.54. The van der Waals surface area contributed by atoms with Crippen LogP contribution in [0.1, 0.15) is 17.5 Å². The molecule has 0 spiro atoms. The van der Waals surface area contributed by atoms with Gasteiger partial charge in [0, 0.05) is 34.2 Å². The molecule has 0 radical (unpaired) electrons. The minimum atomic E-state index is -0.00403. The average Bonchev–Trinajstić information content (AvgIpc) is 2.93. The van der Waals surface area contributed by atoms with Crippen LogP contribution in [0.15, 0.2) is 48.7 Å². The lowest BCUT2D eigenvalue weighted by atomic mass is 10.1. The number of para-hydroxylation sites is 1. The first kappa shape index (κ1) is 14.7. The van der Waals surface area contributed by atoms with E-state index in [1.165, 1.54) is 5.39 Å². The smallest absolute Gasteiger partial charge is 0.224 e. The van der Waals surface area contributed by atoms with Crippen molar-refractivity contribution < 1.29 is 4.79 Å². The molecule has 0 bridgehead atoms. The number of nitrogens with one attached hydrogen (secondary N) is 2. The van der Waals surface area contributed by atoms with Crippen molar-refractivity contribution in [3.05, 3.63) is 64.8 Å². The number of anilines is 1. The van der Waals surface area contributed by atoms with Crippen LogP contribution >= 0.6 is 11.6 Å². The van der Waals surface area contributed by atoms with Crippen molar-refractivity contribution in [2.24, 2.45) is 0 Å². The van der Waals surface area contributed by atoms with E-state index in [-0.39, 0.29) is 5.91 Å². The van der Waals surface area contributed by atoms with Crippen molar-refractivity contribution >= 4 is 34.1 Å². The molecule has 0 saturated heterocycles. The molecule has 3 rings (SSSR count). The zero-order valence-corrected chi connectivity index (χ0v) is 13.1. The Labute approximate surface area is 134 Å². The Hall–Kier alpha value is -2.26. The molecule has 1 heterocycles. The number of carbonyl (C=O) groups excluding carboxylic acids is 1. The van der Waals surface area contributed by atoms with Crippen LogP contribution in [0.3, 0.4) is 0 Å². The molecule has 2 N–H and O–H groups in total. The van der Waals surface area contributed by atoms with Crippen molar-refractivity contribution in [3.8, 4) is 0 Å². The van der Waals surface area contributed by atoms with Crippen LogP contribution in [-0.4, -0.2) is 10.9 Å². The number of H-pyrrole nitrogens is 1. The van der Waals surface area contributed by atoms with E-state index in [0.717, 1.165) is 22.3 Å². The van der Waals surface area contributed by atoms with E-state index in [2.05, 4.69) is 16.4 Å². The molecule has 3 aromatic rings. The Morgan fingerprint density at radius 2 is 2.00 bits per heavy atom. The van der Waals surface area contributed by atoms with Crippen LogP contribution in [-0.2, 0) is 11.2 Å². The molecule has 22 heavy (non-hydrogen) atoms. The summed E-state index contributed by atoms with van der Waals surface area (Å²) >= 11 is 6.07. The maximum absolute atomic E-state index is 12.1. The van der Waals surface area contributed by atoms with Gasteiger partial charge in [-0.1, -0.05) is 35.9 Å². The minimum Gasteiger partial charge on any atom is -0.361 e. The van der Waals surface area contributed by atoms with Gasteiger partial charge in [-0.05, 0) is 42.7 Å². The molecule has 2 aromatic carbocycles. The Balaban J connectivity index is 1.66. The Kier molecular flexibility index (Phi) is 4.16. The number of aromatic amines is 1. The highest BCUT2D eigenvalue weighted by Gasteiger charge is 2.09. The van der Waals surface area contributed by atoms with Crippen LogP contribution < -0.4 is 5.32 Å². The van der Waals surface area contributed by atoms with Gasteiger partial charge in [-0.3, -0.25) is 4.79 Å². The fraction of sp³-hybridized carbons (Fsp3) is 0.167. The van der Waals surface area contributed by atoms with Gasteiger partial charge in [0.2, 0.25) is 5.91 Å². The quantitative estimate of drug-likeness (QED) is 0.720. The highest BCUT2D eigenvalue weighted by molar-refractivity contribution is 6.31. The molecule has 0 aliphatic rings. The molecule has 1 amide bonds. The van der Waals surface area contributed by atoms with Gasteiger partial charge >= 0.3 is 0 Å². The van der Waals surface area contributed by atoms with Gasteiger partial charge < -0.3 is 10.3 Å². The van der Waals surface area contributed by atoms with Crippen LogP contribution in [0.4, 0.5) is 5.69 Å². The number of benzene rings is 2. The van der Waals surface area contributed by atoms with Crippen molar-refractivity contribution in [2.45, 2.75) is 19.8 Å². The predicted molar refractivity (Wildman–Crippen MR) is 91.4 cm³/mol. The van der Waals surface area contributed by atoms with Gasteiger partial charge in [-0.25, -0.2) is 0 Å². The lowest BCUT2D eigenvalue weighted by Gasteiger charge is -2.09. The summed E-state index contributed by atoms with van der Waals surface area (Å²) in [5.74, 6) is -0.00403. The highest BCUT2D eigenvalue weighted by Crippen LogP contribution is 2.23. The van der Waals surface area contributed by atoms with Crippen molar-refractivity contribution in [3.63, 3.8) is 0 Å². The summed E-state index contributed by atoms with van der Waals surface area (Å²) in [6.45, 7) is 1.90. The second-order valence-corrected chi connectivity index (χ2v) is 5.73. The van der Waals surface area contributed by atoms with Crippen molar-refractivity contribution in [1.29, 1.82) is 0 Å². The van der Waals surface area contributed by atoms with Crippen molar-refractivity contribution in [1.82, 2.24) is 4.98 Å². The normalized spacial score (nSPS) is 10.8. The fourth-order valence-corrected chi connectivity index (χ4v) is 2.72. The number of aryl methyl sites for hydroxylation is 1. The van der Waals surface area contributed by atoms with E-state index in [0.29, 0.717) is 17.9 Å². The molecule has 3 nitrogen and oxygen atoms in total. The second kappa shape index (κ2) is 6.24. The molecule has 112 valence electrons. The number of aromatic nitrogens is 1. The van der Waals surface area contributed by atoms with Gasteiger partial charge in [0.1, 0.15) is 0 Å². The van der Waals surface area contributed by atoms with Gasteiger partial charge in [-0.15, -0.1) is 0 Å². The zero-order valence-electron chi connectivity index (χ0n) is 12.3. The number of hydrogen-bond acceptors (Lipinski definition) is 1. The second-order valence-electron chi connectivity index (χ2n) is 5.32. The Bertz CT molecular complexity index is 823. The molecule has 1 aromatic heterocycles. The van der Waals surface area contributed by atoms with Gasteiger partial charge in [0.25, 0.3) is 0 Å². The summed E-state index contributed by atoms with van der Waals surface area (Å²) in [5, 5.41) is 4.76. The summed E-state index contributed by atoms with van der Waals surface area (Å²) in [6, 6.07) is 13.6. The number of halogens is 1. The number of amides is 1. The monoisotopic (exact) mass is 312 g/mol. The molecule has 0 unspecified atom stereocenters. The summed E-state index contributed by atoms with van der Waals surface area (Å²) in [7, 11) is 0. The molecule has 0 fully saturated rings. The van der Waals surface area contributed by atoms with E-state index in [1.54, 1.807) is 0 Å². The van der Waals surface area contributed by atoms with Gasteiger partial charge in [-0.2, -0.15) is 0 Å². The molecular formula is C18H17ClN2O. The first-order valence-corrected chi connectivity index (χ1v) is 7.63. The Morgan fingerprint density at radius 3 is 2.86 bits per heavy atom. The predicted octanol–water partition coefficient (Wildman–Crippen LogP) is 4.70. The lowest BCUT2D eigenvalue weighted by Crippen LogP contribution is -2.13. The zero-order chi connectivity index (χ0) is 15.5. The van der Waals surface area contributed by atoms with E-state index in [9.17, 15) is 4.79 Å². The molecular weight excluding hydrogens is 296 g/mol. The third-order valence-electron chi connectivity index (χ3n) is 3.84. The number of carbonyl (C=O) groups is 1. The van der Waals surface area contributed by atoms with E-state index < -0.39 is 0 Å². The minimum absolute atomic E-state index is 0.00403. The van der Waals surface area contributed by atoms with E-state index >= 15 is 0 Å².